The Hall–Kier alpha value is -5.34. The number of benzene rings is 3. The highest BCUT2D eigenvalue weighted by Crippen LogP contribution is 2.38. The highest BCUT2D eigenvalue weighted by molar-refractivity contribution is 7.07. The molecule has 11 heteroatoms. The van der Waals surface area contributed by atoms with Crippen molar-refractivity contribution in [1.29, 1.82) is 5.26 Å². The highest BCUT2D eigenvalue weighted by atomic mass is 32.1. The van der Waals surface area contributed by atoms with Gasteiger partial charge in [-0.05, 0) is 68.3 Å². The smallest absolute Gasteiger partial charge is 0.338 e. The van der Waals surface area contributed by atoms with Crippen molar-refractivity contribution in [1.82, 2.24) is 4.57 Å². The van der Waals surface area contributed by atoms with Crippen LogP contribution in [0.3, 0.4) is 0 Å². The van der Waals surface area contributed by atoms with E-state index in [4.69, 9.17) is 23.7 Å². The third-order valence-electron chi connectivity index (χ3n) is 7.32. The van der Waals surface area contributed by atoms with Crippen molar-refractivity contribution in [3.05, 3.63) is 114 Å². The fourth-order valence-corrected chi connectivity index (χ4v) is 6.30. The monoisotopic (exact) mass is 623 g/mol. The molecular formula is C34H29N3O7S. The van der Waals surface area contributed by atoms with Crippen LogP contribution in [0, 0.1) is 11.3 Å². The summed E-state index contributed by atoms with van der Waals surface area (Å²) in [7, 11) is 0. The molecule has 0 spiro atoms. The number of allylic oxidation sites excluding steroid dienone is 1. The lowest BCUT2D eigenvalue weighted by atomic mass is 9.95. The Morgan fingerprint density at radius 2 is 1.89 bits per heavy atom. The van der Waals surface area contributed by atoms with E-state index in [0.717, 1.165) is 11.1 Å². The van der Waals surface area contributed by atoms with Gasteiger partial charge in [0, 0.05) is 5.56 Å². The Bertz CT molecular complexity index is 2050. The standard InChI is InChI=1S/C34H29N3O7S/c1-4-40-27-14-21(10-12-25(27)42-18-24-9-7-6-8-23(24)17-35)15-29-32(38)37-31(22-11-13-26-28(16-22)44-19-43-26)30(33(39)41-5-2)20(3)36-34(37)45-29/h6-16,31H,4-5,18-19H2,1-3H3/b29-15+/t31-/m1/s1. The number of thiazole rings is 1. The van der Waals surface area contributed by atoms with E-state index < -0.39 is 12.0 Å². The molecule has 0 N–H and O–H groups in total. The van der Waals surface area contributed by atoms with Gasteiger partial charge in [0.15, 0.2) is 27.8 Å². The van der Waals surface area contributed by atoms with Crippen LogP contribution in [0.4, 0.5) is 0 Å². The van der Waals surface area contributed by atoms with Crippen LogP contribution in [0.1, 0.15) is 49.1 Å². The SMILES string of the molecule is CCOC(=O)C1=C(C)N=c2s/c(=C/c3ccc(OCc4ccccc4C#N)c(OCC)c3)c(=O)n2[C@@H]1c1ccc2c(c1)OCO2. The van der Waals surface area contributed by atoms with Gasteiger partial charge < -0.3 is 23.7 Å². The highest BCUT2D eigenvalue weighted by Gasteiger charge is 2.34. The molecule has 2 aliphatic heterocycles. The number of rotatable bonds is 9. The van der Waals surface area contributed by atoms with Gasteiger partial charge in [-0.2, -0.15) is 5.26 Å². The number of nitriles is 1. The van der Waals surface area contributed by atoms with Crippen LogP contribution < -0.4 is 33.8 Å². The minimum atomic E-state index is -0.775. The molecule has 2 aliphatic rings. The zero-order valence-corrected chi connectivity index (χ0v) is 25.7. The number of hydrogen-bond acceptors (Lipinski definition) is 10. The molecule has 10 nitrogen and oxygen atoms in total. The van der Waals surface area contributed by atoms with Crippen molar-refractivity contribution < 1.29 is 28.5 Å². The molecule has 0 aliphatic carbocycles. The van der Waals surface area contributed by atoms with Gasteiger partial charge in [0.2, 0.25) is 6.79 Å². The molecular weight excluding hydrogens is 594 g/mol. The Balaban J connectivity index is 1.40. The van der Waals surface area contributed by atoms with E-state index in [1.807, 2.05) is 37.3 Å². The summed E-state index contributed by atoms with van der Waals surface area (Å²) < 4.78 is 30.3. The van der Waals surface area contributed by atoms with Crippen LogP contribution in [0.5, 0.6) is 23.0 Å². The minimum Gasteiger partial charge on any atom is -0.490 e. The second kappa shape index (κ2) is 12.7. The summed E-state index contributed by atoms with van der Waals surface area (Å²) in [6.45, 7) is 6.23. The number of carbonyl (C=O) groups excluding carboxylic acids is 1. The van der Waals surface area contributed by atoms with E-state index in [1.165, 1.54) is 15.9 Å². The molecule has 0 unspecified atom stereocenters. The summed E-state index contributed by atoms with van der Waals surface area (Å²) in [6.07, 6.45) is 1.77. The van der Waals surface area contributed by atoms with Crippen molar-refractivity contribution in [2.45, 2.75) is 33.4 Å². The number of ether oxygens (including phenoxy) is 5. The number of hydrogen-bond donors (Lipinski definition) is 0. The number of esters is 1. The quantitative estimate of drug-likeness (QED) is 0.252. The molecule has 0 saturated heterocycles. The van der Waals surface area contributed by atoms with E-state index in [1.54, 1.807) is 50.3 Å². The van der Waals surface area contributed by atoms with E-state index in [9.17, 15) is 14.9 Å². The third-order valence-corrected chi connectivity index (χ3v) is 8.30. The van der Waals surface area contributed by atoms with E-state index in [-0.39, 0.29) is 31.1 Å². The number of carbonyl (C=O) groups is 1. The molecule has 3 aromatic carbocycles. The van der Waals surface area contributed by atoms with Crippen LogP contribution in [0.25, 0.3) is 6.08 Å². The maximum absolute atomic E-state index is 14.0. The number of nitrogens with zero attached hydrogens (tertiary/aromatic N) is 3. The molecule has 1 atom stereocenters. The van der Waals surface area contributed by atoms with Crippen LogP contribution in [-0.2, 0) is 16.1 Å². The van der Waals surface area contributed by atoms with Gasteiger partial charge in [0.25, 0.3) is 5.56 Å². The Kier molecular flexibility index (Phi) is 8.40. The predicted molar refractivity (Wildman–Crippen MR) is 166 cm³/mol. The number of fused-ring (bicyclic) bond motifs is 2. The molecule has 0 radical (unpaired) electrons. The lowest BCUT2D eigenvalue weighted by Crippen LogP contribution is -2.39. The van der Waals surface area contributed by atoms with Gasteiger partial charge in [0.1, 0.15) is 6.61 Å². The van der Waals surface area contributed by atoms with E-state index >= 15 is 0 Å². The normalized spacial score (nSPS) is 15.2. The Labute approximate surface area is 262 Å². The Morgan fingerprint density at radius 1 is 1.07 bits per heavy atom. The second-order valence-electron chi connectivity index (χ2n) is 10.1. The van der Waals surface area contributed by atoms with Gasteiger partial charge in [0.05, 0.1) is 46.7 Å². The first-order valence-electron chi connectivity index (χ1n) is 14.4. The lowest BCUT2D eigenvalue weighted by molar-refractivity contribution is -0.139. The minimum absolute atomic E-state index is 0.0991. The molecule has 0 saturated carbocycles. The zero-order chi connectivity index (χ0) is 31.5. The van der Waals surface area contributed by atoms with Gasteiger partial charge in [-0.1, -0.05) is 41.7 Å². The topological polar surface area (TPSA) is 121 Å². The lowest BCUT2D eigenvalue weighted by Gasteiger charge is -2.24. The van der Waals surface area contributed by atoms with Crippen LogP contribution in [0.15, 0.2) is 81.7 Å². The first-order chi connectivity index (χ1) is 21.9. The fourth-order valence-electron chi connectivity index (χ4n) is 5.25. The molecule has 45 heavy (non-hydrogen) atoms. The van der Waals surface area contributed by atoms with Gasteiger partial charge in [-0.3, -0.25) is 9.36 Å². The predicted octanol–water partition coefficient (Wildman–Crippen LogP) is 4.38. The summed E-state index contributed by atoms with van der Waals surface area (Å²) in [5.41, 5.74) is 3.15. The van der Waals surface area contributed by atoms with Gasteiger partial charge in [-0.15, -0.1) is 0 Å². The Morgan fingerprint density at radius 3 is 2.69 bits per heavy atom. The van der Waals surface area contributed by atoms with E-state index in [2.05, 4.69) is 11.1 Å². The molecule has 0 amide bonds. The molecule has 4 aromatic rings. The number of aromatic nitrogens is 1. The average molecular weight is 624 g/mol. The van der Waals surface area contributed by atoms with E-state index in [0.29, 0.717) is 55.8 Å². The van der Waals surface area contributed by atoms with Crippen LogP contribution >= 0.6 is 11.3 Å². The molecule has 3 heterocycles. The third kappa shape index (κ3) is 5.80. The largest absolute Gasteiger partial charge is 0.490 e. The van der Waals surface area contributed by atoms with Crippen molar-refractivity contribution in [3.63, 3.8) is 0 Å². The summed E-state index contributed by atoms with van der Waals surface area (Å²) in [4.78, 5) is 32.3. The molecule has 0 fully saturated rings. The van der Waals surface area contributed by atoms with Crippen molar-refractivity contribution in [3.8, 4) is 29.1 Å². The van der Waals surface area contributed by atoms with Crippen molar-refractivity contribution in [2.75, 3.05) is 20.0 Å². The second-order valence-corrected chi connectivity index (χ2v) is 11.1. The summed E-state index contributed by atoms with van der Waals surface area (Å²) in [5, 5.41) is 9.41. The first kappa shape index (κ1) is 29.7. The van der Waals surface area contributed by atoms with Crippen molar-refractivity contribution in [2.24, 2.45) is 4.99 Å². The van der Waals surface area contributed by atoms with Gasteiger partial charge >= 0.3 is 5.97 Å². The van der Waals surface area contributed by atoms with Crippen LogP contribution in [0.2, 0.25) is 0 Å². The molecule has 1 aromatic heterocycles. The summed E-state index contributed by atoms with van der Waals surface area (Å²) in [5.74, 6) is 1.61. The molecule has 228 valence electrons. The first-order valence-corrected chi connectivity index (χ1v) is 15.2. The van der Waals surface area contributed by atoms with Crippen molar-refractivity contribution >= 4 is 23.4 Å². The zero-order valence-electron chi connectivity index (χ0n) is 24.9. The maximum atomic E-state index is 14.0. The average Bonchev–Trinajstić information content (AvgIpc) is 3.63. The van der Waals surface area contributed by atoms with Crippen LogP contribution in [-0.4, -0.2) is 30.5 Å². The molecule has 6 rings (SSSR count). The molecule has 0 bridgehead atoms. The summed E-state index contributed by atoms with van der Waals surface area (Å²) in [6, 6.07) is 19.4. The van der Waals surface area contributed by atoms with Gasteiger partial charge in [-0.25, -0.2) is 9.79 Å². The fraction of sp³-hybridized carbons (Fsp3) is 0.235. The maximum Gasteiger partial charge on any atom is 0.338 e. The summed E-state index contributed by atoms with van der Waals surface area (Å²) >= 11 is 1.23.